The van der Waals surface area contributed by atoms with Crippen LogP contribution in [0, 0.1) is 0 Å². The average Bonchev–Trinajstić information content (AvgIpc) is 2.11. The van der Waals surface area contributed by atoms with Crippen LogP contribution in [0.5, 0.6) is 0 Å². The van der Waals surface area contributed by atoms with E-state index in [0.717, 1.165) is 23.1 Å². The highest BCUT2D eigenvalue weighted by molar-refractivity contribution is 5.66. The monoisotopic (exact) mass is 247 g/mol. The Morgan fingerprint density at radius 2 is 1.94 bits per heavy atom. The molecule has 0 aromatic heterocycles. The van der Waals surface area contributed by atoms with Crippen molar-refractivity contribution in [2.24, 2.45) is 0 Å². The maximum atomic E-state index is 10.4. The van der Waals surface area contributed by atoms with Crippen LogP contribution in [-0.2, 0) is 9.53 Å². The number of carboxylic acids is 1. The summed E-state index contributed by atoms with van der Waals surface area (Å²) in [5.41, 5.74) is 1.02. The van der Waals surface area contributed by atoms with Gasteiger partial charge in [-0.05, 0) is 6.92 Å². The van der Waals surface area contributed by atoms with Crippen molar-refractivity contribution in [3.63, 3.8) is 0 Å². The molecular weight excluding hydrogens is 222 g/mol. The first-order chi connectivity index (χ1) is 7.33. The SMILES string of the molecule is C=C(C)COCC[N+](C)(C)CCCC(=O)O.[OH-]. The van der Waals surface area contributed by atoms with Crippen LogP contribution in [-0.4, -0.2) is 61.4 Å². The summed E-state index contributed by atoms with van der Waals surface area (Å²) in [6.07, 6.45) is 0.955. The Morgan fingerprint density at radius 1 is 1.35 bits per heavy atom. The second-order valence-corrected chi connectivity index (χ2v) is 4.89. The molecule has 0 rings (SSSR count). The lowest BCUT2D eigenvalue weighted by Gasteiger charge is -2.29. The molecule has 0 spiro atoms. The summed E-state index contributed by atoms with van der Waals surface area (Å²) in [5, 5.41) is 8.54. The molecule has 2 N–H and O–H groups in total. The van der Waals surface area contributed by atoms with Gasteiger partial charge in [-0.3, -0.25) is 4.79 Å². The molecule has 0 fully saturated rings. The average molecular weight is 247 g/mol. The highest BCUT2D eigenvalue weighted by Crippen LogP contribution is 2.02. The van der Waals surface area contributed by atoms with Crippen molar-refractivity contribution in [1.29, 1.82) is 0 Å². The Morgan fingerprint density at radius 3 is 2.41 bits per heavy atom. The van der Waals surface area contributed by atoms with E-state index in [0.29, 0.717) is 19.6 Å². The molecule has 0 aromatic rings. The summed E-state index contributed by atoms with van der Waals surface area (Å²) < 4.78 is 6.22. The zero-order valence-corrected chi connectivity index (χ0v) is 11.1. The number of carboxylic acid groups (broad SMARTS) is 1. The van der Waals surface area contributed by atoms with E-state index in [1.54, 1.807) is 0 Å². The van der Waals surface area contributed by atoms with Crippen molar-refractivity contribution in [3.05, 3.63) is 12.2 Å². The van der Waals surface area contributed by atoms with E-state index in [1.165, 1.54) is 0 Å². The fourth-order valence-electron chi connectivity index (χ4n) is 1.33. The topological polar surface area (TPSA) is 76.5 Å². The summed E-state index contributed by atoms with van der Waals surface area (Å²) in [6, 6.07) is 0. The molecule has 0 aliphatic rings. The third-order valence-electron chi connectivity index (χ3n) is 2.34. The zero-order chi connectivity index (χ0) is 12.6. The lowest BCUT2D eigenvalue weighted by atomic mass is 10.3. The molecule has 0 saturated carbocycles. The highest BCUT2D eigenvalue weighted by atomic mass is 16.5. The summed E-state index contributed by atoms with van der Waals surface area (Å²) in [6.45, 7) is 8.75. The minimum Gasteiger partial charge on any atom is -0.870 e. The molecule has 102 valence electrons. The van der Waals surface area contributed by atoms with Crippen LogP contribution >= 0.6 is 0 Å². The molecule has 0 aliphatic carbocycles. The largest absolute Gasteiger partial charge is 0.870 e. The van der Waals surface area contributed by atoms with Gasteiger partial charge in [0.2, 0.25) is 0 Å². The van der Waals surface area contributed by atoms with Crippen LogP contribution in [0.3, 0.4) is 0 Å². The summed E-state index contributed by atoms with van der Waals surface area (Å²) in [4.78, 5) is 10.4. The van der Waals surface area contributed by atoms with Crippen LogP contribution < -0.4 is 0 Å². The van der Waals surface area contributed by atoms with E-state index in [4.69, 9.17) is 9.84 Å². The molecule has 0 aliphatic heterocycles. The van der Waals surface area contributed by atoms with Gasteiger partial charge in [0.1, 0.15) is 6.54 Å². The smallest absolute Gasteiger partial charge is 0.303 e. The van der Waals surface area contributed by atoms with Gasteiger partial charge >= 0.3 is 5.97 Å². The number of aliphatic carboxylic acids is 1. The van der Waals surface area contributed by atoms with Crippen LogP contribution in [0.25, 0.3) is 0 Å². The van der Waals surface area contributed by atoms with Gasteiger partial charge in [0, 0.05) is 6.42 Å². The van der Waals surface area contributed by atoms with E-state index in [-0.39, 0.29) is 11.9 Å². The first-order valence-electron chi connectivity index (χ1n) is 5.59. The minimum absolute atomic E-state index is 0. The molecule has 0 saturated heterocycles. The van der Waals surface area contributed by atoms with Gasteiger partial charge in [-0.2, -0.15) is 0 Å². The predicted molar refractivity (Wildman–Crippen MR) is 66.3 cm³/mol. The minimum atomic E-state index is -0.724. The number of carbonyl (C=O) groups is 1. The molecule has 0 amide bonds. The van der Waals surface area contributed by atoms with Gasteiger partial charge in [0.25, 0.3) is 0 Å². The molecular formula is C12H25NO4. The molecule has 0 aromatic carbocycles. The van der Waals surface area contributed by atoms with E-state index in [9.17, 15) is 4.79 Å². The first-order valence-corrected chi connectivity index (χ1v) is 5.59. The van der Waals surface area contributed by atoms with Crippen molar-refractivity contribution in [3.8, 4) is 0 Å². The summed E-state index contributed by atoms with van der Waals surface area (Å²) in [5.74, 6) is -0.724. The molecule has 0 unspecified atom stereocenters. The van der Waals surface area contributed by atoms with Crippen LogP contribution in [0.1, 0.15) is 19.8 Å². The van der Waals surface area contributed by atoms with Crippen molar-refractivity contribution in [2.45, 2.75) is 19.8 Å². The summed E-state index contributed by atoms with van der Waals surface area (Å²) in [7, 11) is 4.18. The Hall–Kier alpha value is -0.910. The van der Waals surface area contributed by atoms with Gasteiger partial charge < -0.3 is 19.8 Å². The van der Waals surface area contributed by atoms with Crippen molar-refractivity contribution >= 4 is 5.97 Å². The fraction of sp³-hybridized carbons (Fsp3) is 0.750. The second-order valence-electron chi connectivity index (χ2n) is 4.89. The lowest BCUT2D eigenvalue weighted by Crippen LogP contribution is -2.43. The van der Waals surface area contributed by atoms with Gasteiger partial charge in [-0.15, -0.1) is 0 Å². The van der Waals surface area contributed by atoms with E-state index >= 15 is 0 Å². The van der Waals surface area contributed by atoms with Crippen molar-refractivity contribution in [1.82, 2.24) is 0 Å². The van der Waals surface area contributed by atoms with Crippen molar-refractivity contribution < 1.29 is 24.6 Å². The van der Waals surface area contributed by atoms with Gasteiger partial charge in [0.05, 0.1) is 40.3 Å². The number of ether oxygens (including phenoxy) is 1. The molecule has 0 radical (unpaired) electrons. The zero-order valence-electron chi connectivity index (χ0n) is 11.1. The van der Waals surface area contributed by atoms with E-state index in [1.807, 2.05) is 6.92 Å². The van der Waals surface area contributed by atoms with E-state index in [2.05, 4.69) is 20.7 Å². The molecule has 5 heteroatoms. The third kappa shape index (κ3) is 13.0. The number of rotatable bonds is 9. The first kappa shape index (κ1) is 18.5. The fourth-order valence-corrected chi connectivity index (χ4v) is 1.33. The standard InChI is InChI=1S/C12H23NO3.H2O/c1-11(2)10-16-9-8-13(3,4)7-5-6-12(14)15;/h1,5-10H2,2-4H3;1H2. The quantitative estimate of drug-likeness (QED) is 0.379. The third-order valence-corrected chi connectivity index (χ3v) is 2.34. The Kier molecular flexibility index (Phi) is 9.94. The molecule has 0 heterocycles. The molecule has 0 bridgehead atoms. The van der Waals surface area contributed by atoms with E-state index < -0.39 is 5.97 Å². The highest BCUT2D eigenvalue weighted by Gasteiger charge is 2.14. The number of hydrogen-bond donors (Lipinski definition) is 1. The maximum Gasteiger partial charge on any atom is 0.303 e. The number of nitrogens with zero attached hydrogens (tertiary/aromatic N) is 1. The van der Waals surface area contributed by atoms with Crippen LogP contribution in [0.4, 0.5) is 0 Å². The van der Waals surface area contributed by atoms with Crippen molar-refractivity contribution in [2.75, 3.05) is 40.4 Å². The Balaban J connectivity index is 0. The van der Waals surface area contributed by atoms with Gasteiger partial charge in [-0.1, -0.05) is 12.2 Å². The molecule has 17 heavy (non-hydrogen) atoms. The molecule has 0 atom stereocenters. The maximum absolute atomic E-state index is 10.4. The number of quaternary nitrogens is 1. The number of hydrogen-bond acceptors (Lipinski definition) is 3. The summed E-state index contributed by atoms with van der Waals surface area (Å²) >= 11 is 0. The van der Waals surface area contributed by atoms with Gasteiger partial charge in [-0.25, -0.2) is 0 Å². The van der Waals surface area contributed by atoms with Gasteiger partial charge in [0.15, 0.2) is 0 Å². The second kappa shape index (κ2) is 9.15. The van der Waals surface area contributed by atoms with Crippen LogP contribution in [0.15, 0.2) is 12.2 Å². The Labute approximate surface area is 104 Å². The normalized spacial score (nSPS) is 10.8. The molecule has 5 nitrogen and oxygen atoms in total. The lowest BCUT2D eigenvalue weighted by molar-refractivity contribution is -0.890. The predicted octanol–water partition coefficient (Wildman–Crippen LogP) is 1.34. The number of likely N-dealkylation sites (N-methyl/N-ethyl adjacent to an activating group) is 1. The Bertz CT molecular complexity index is 239. The van der Waals surface area contributed by atoms with Crippen LogP contribution in [0.2, 0.25) is 0 Å².